The van der Waals surface area contributed by atoms with Gasteiger partial charge in [0, 0.05) is 5.69 Å². The molecule has 0 saturated carbocycles. The first-order chi connectivity index (χ1) is 12.9. The lowest BCUT2D eigenvalue weighted by Crippen LogP contribution is -2.23. The number of urea groups is 1. The van der Waals surface area contributed by atoms with E-state index in [-0.39, 0.29) is 11.4 Å². The average molecular weight is 406 g/mol. The Morgan fingerprint density at radius 2 is 1.81 bits per heavy atom. The highest BCUT2D eigenvalue weighted by Crippen LogP contribution is 2.21. The highest BCUT2D eigenvalue weighted by Gasteiger charge is 2.15. The SMILES string of the molecule is O=C(Nc1cccc(S(=O)(=O)NCc2ccco2)c1)Nc1ccccc1Cl. The summed E-state index contributed by atoms with van der Waals surface area (Å²) in [5.74, 6) is 0.493. The van der Waals surface area contributed by atoms with Gasteiger partial charge in [-0.2, -0.15) is 0 Å². The van der Waals surface area contributed by atoms with E-state index in [1.165, 1.54) is 24.5 Å². The molecular formula is C18H16ClN3O4S. The quantitative estimate of drug-likeness (QED) is 0.575. The van der Waals surface area contributed by atoms with Crippen molar-refractivity contribution in [2.75, 3.05) is 10.6 Å². The van der Waals surface area contributed by atoms with Crippen molar-refractivity contribution < 1.29 is 17.6 Å². The van der Waals surface area contributed by atoms with E-state index in [4.69, 9.17) is 16.0 Å². The van der Waals surface area contributed by atoms with Crippen LogP contribution in [0.4, 0.5) is 16.2 Å². The van der Waals surface area contributed by atoms with Crippen LogP contribution < -0.4 is 15.4 Å². The van der Waals surface area contributed by atoms with E-state index < -0.39 is 16.1 Å². The van der Waals surface area contributed by atoms with Crippen molar-refractivity contribution in [2.45, 2.75) is 11.4 Å². The van der Waals surface area contributed by atoms with Crippen LogP contribution in [0.2, 0.25) is 5.02 Å². The molecule has 0 bridgehead atoms. The number of para-hydroxylation sites is 1. The zero-order valence-electron chi connectivity index (χ0n) is 14.0. The molecule has 3 N–H and O–H groups in total. The smallest absolute Gasteiger partial charge is 0.323 e. The summed E-state index contributed by atoms with van der Waals surface area (Å²) in [5.41, 5.74) is 0.765. The van der Waals surface area contributed by atoms with E-state index in [9.17, 15) is 13.2 Å². The van der Waals surface area contributed by atoms with E-state index in [1.54, 1.807) is 42.5 Å². The Bertz CT molecular complexity index is 1040. The van der Waals surface area contributed by atoms with Gasteiger partial charge < -0.3 is 15.1 Å². The van der Waals surface area contributed by atoms with Crippen LogP contribution in [0.25, 0.3) is 0 Å². The lowest BCUT2D eigenvalue weighted by Gasteiger charge is -2.10. The fraction of sp³-hybridized carbons (Fsp3) is 0.0556. The van der Waals surface area contributed by atoms with Gasteiger partial charge >= 0.3 is 6.03 Å². The molecule has 9 heteroatoms. The van der Waals surface area contributed by atoms with E-state index in [1.807, 2.05) is 0 Å². The predicted octanol–water partition coefficient (Wildman–Crippen LogP) is 4.06. The Kier molecular flexibility index (Phi) is 5.80. The second-order valence-corrected chi connectivity index (χ2v) is 7.66. The Morgan fingerprint density at radius 3 is 2.56 bits per heavy atom. The van der Waals surface area contributed by atoms with Crippen LogP contribution in [0.3, 0.4) is 0 Å². The van der Waals surface area contributed by atoms with E-state index in [2.05, 4.69) is 15.4 Å². The zero-order valence-corrected chi connectivity index (χ0v) is 15.5. The lowest BCUT2D eigenvalue weighted by atomic mass is 10.3. The number of sulfonamides is 1. The van der Waals surface area contributed by atoms with Crippen LogP contribution in [-0.2, 0) is 16.6 Å². The maximum absolute atomic E-state index is 12.4. The monoisotopic (exact) mass is 405 g/mol. The topological polar surface area (TPSA) is 100 Å². The van der Waals surface area contributed by atoms with Gasteiger partial charge in [-0.15, -0.1) is 0 Å². The molecule has 0 aliphatic carbocycles. The first-order valence-corrected chi connectivity index (χ1v) is 9.75. The van der Waals surface area contributed by atoms with Crippen molar-refractivity contribution in [2.24, 2.45) is 0 Å². The van der Waals surface area contributed by atoms with Crippen molar-refractivity contribution in [3.05, 3.63) is 77.7 Å². The number of carbonyl (C=O) groups excluding carboxylic acids is 1. The first-order valence-electron chi connectivity index (χ1n) is 7.89. The third-order valence-corrected chi connectivity index (χ3v) is 5.27. The number of benzene rings is 2. The minimum absolute atomic E-state index is 0.0181. The number of nitrogens with one attached hydrogen (secondary N) is 3. The number of rotatable bonds is 6. The van der Waals surface area contributed by atoms with Crippen LogP contribution in [0.15, 0.2) is 76.2 Å². The number of hydrogen-bond acceptors (Lipinski definition) is 4. The normalized spacial score (nSPS) is 11.1. The van der Waals surface area contributed by atoms with Gasteiger partial charge in [-0.25, -0.2) is 17.9 Å². The van der Waals surface area contributed by atoms with Gasteiger partial charge in [0.25, 0.3) is 0 Å². The zero-order chi connectivity index (χ0) is 19.3. The number of anilines is 2. The van der Waals surface area contributed by atoms with Gasteiger partial charge in [0.2, 0.25) is 10.0 Å². The summed E-state index contributed by atoms with van der Waals surface area (Å²) in [6, 6.07) is 15.5. The summed E-state index contributed by atoms with van der Waals surface area (Å²) < 4.78 is 32.3. The minimum Gasteiger partial charge on any atom is -0.468 e. The van der Waals surface area contributed by atoms with Crippen molar-refractivity contribution in [3.8, 4) is 0 Å². The molecule has 2 aromatic carbocycles. The predicted molar refractivity (Wildman–Crippen MR) is 103 cm³/mol. The molecular weight excluding hydrogens is 390 g/mol. The summed E-state index contributed by atoms with van der Waals surface area (Å²) in [4.78, 5) is 12.1. The van der Waals surface area contributed by atoms with E-state index >= 15 is 0 Å². The van der Waals surface area contributed by atoms with E-state index in [0.29, 0.717) is 22.2 Å². The molecule has 1 heterocycles. The Morgan fingerprint density at radius 1 is 1.00 bits per heavy atom. The molecule has 0 aliphatic rings. The van der Waals surface area contributed by atoms with Crippen LogP contribution in [0.1, 0.15) is 5.76 Å². The van der Waals surface area contributed by atoms with Gasteiger partial charge in [0.1, 0.15) is 5.76 Å². The largest absolute Gasteiger partial charge is 0.468 e. The van der Waals surface area contributed by atoms with Crippen LogP contribution in [-0.4, -0.2) is 14.4 Å². The highest BCUT2D eigenvalue weighted by atomic mass is 35.5. The molecule has 3 aromatic rings. The molecule has 0 aliphatic heterocycles. The van der Waals surface area contributed by atoms with Crippen molar-refractivity contribution in [1.82, 2.24) is 4.72 Å². The summed E-state index contributed by atoms with van der Waals surface area (Å²) in [7, 11) is -3.76. The molecule has 0 atom stereocenters. The Hall–Kier alpha value is -2.81. The number of amides is 2. The standard InChI is InChI=1S/C18H16ClN3O4S/c19-16-8-1-2-9-17(16)22-18(23)21-13-5-3-7-15(11-13)27(24,25)20-12-14-6-4-10-26-14/h1-11,20H,12H2,(H2,21,22,23). The molecule has 0 radical (unpaired) electrons. The second kappa shape index (κ2) is 8.26. The molecule has 0 fully saturated rings. The third kappa shape index (κ3) is 5.10. The van der Waals surface area contributed by atoms with Gasteiger partial charge in [-0.05, 0) is 42.5 Å². The average Bonchev–Trinajstić information content (AvgIpc) is 3.16. The van der Waals surface area contributed by atoms with Gasteiger partial charge in [-0.3, -0.25) is 0 Å². The fourth-order valence-corrected chi connectivity index (χ4v) is 3.47. The van der Waals surface area contributed by atoms with Crippen molar-refractivity contribution >= 4 is 39.0 Å². The highest BCUT2D eigenvalue weighted by molar-refractivity contribution is 7.89. The molecule has 27 heavy (non-hydrogen) atoms. The number of furan rings is 1. The summed E-state index contributed by atoms with van der Waals surface area (Å²) in [6.07, 6.45) is 1.46. The molecule has 0 unspecified atom stereocenters. The Balaban J connectivity index is 1.67. The molecule has 0 spiro atoms. The third-order valence-electron chi connectivity index (χ3n) is 3.54. The van der Waals surface area contributed by atoms with Gasteiger partial charge in [0.05, 0.1) is 28.4 Å². The number of halogens is 1. The number of carbonyl (C=O) groups is 1. The van der Waals surface area contributed by atoms with Gasteiger partial charge in [-0.1, -0.05) is 29.8 Å². The maximum Gasteiger partial charge on any atom is 0.323 e. The van der Waals surface area contributed by atoms with E-state index in [0.717, 1.165) is 0 Å². The Labute approximate surface area is 161 Å². The lowest BCUT2D eigenvalue weighted by molar-refractivity contribution is 0.262. The first kappa shape index (κ1) is 19.0. The molecule has 140 valence electrons. The molecule has 3 rings (SSSR count). The van der Waals surface area contributed by atoms with Crippen LogP contribution >= 0.6 is 11.6 Å². The molecule has 1 aromatic heterocycles. The molecule has 2 amide bonds. The van der Waals surface area contributed by atoms with Crippen LogP contribution in [0, 0.1) is 0 Å². The van der Waals surface area contributed by atoms with Crippen molar-refractivity contribution in [3.63, 3.8) is 0 Å². The van der Waals surface area contributed by atoms with Crippen LogP contribution in [0.5, 0.6) is 0 Å². The fourth-order valence-electron chi connectivity index (χ4n) is 2.25. The summed E-state index contributed by atoms with van der Waals surface area (Å²) in [6.45, 7) is 0.0278. The minimum atomic E-state index is -3.76. The maximum atomic E-state index is 12.4. The summed E-state index contributed by atoms with van der Waals surface area (Å²) >= 11 is 6.00. The second-order valence-electron chi connectivity index (χ2n) is 5.49. The summed E-state index contributed by atoms with van der Waals surface area (Å²) in [5, 5.41) is 5.58. The van der Waals surface area contributed by atoms with Gasteiger partial charge in [0.15, 0.2) is 0 Å². The molecule has 0 saturated heterocycles. The van der Waals surface area contributed by atoms with Crippen molar-refractivity contribution in [1.29, 1.82) is 0 Å². The number of hydrogen-bond donors (Lipinski definition) is 3. The molecule has 7 nitrogen and oxygen atoms in total.